The first-order valence-corrected chi connectivity index (χ1v) is 12.8. The van der Waals surface area contributed by atoms with Crippen molar-refractivity contribution >= 4 is 22.3 Å². The highest BCUT2D eigenvalue weighted by molar-refractivity contribution is 5.95. The van der Waals surface area contributed by atoms with Crippen LogP contribution in [-0.2, 0) is 0 Å². The smallest absolute Gasteiger partial charge is 0.101 e. The van der Waals surface area contributed by atoms with Gasteiger partial charge >= 0.3 is 0 Å². The van der Waals surface area contributed by atoms with E-state index >= 15 is 0 Å². The molecule has 7 nitrogen and oxygen atoms in total. The zero-order chi connectivity index (χ0) is 24.6. The molecule has 0 bridgehead atoms. The Morgan fingerprint density at radius 2 is 1.80 bits per heavy atom. The van der Waals surface area contributed by atoms with E-state index in [2.05, 4.69) is 60.8 Å². The lowest BCUT2D eigenvalue weighted by Gasteiger charge is -2.52. The SMILES string of the molecule is [2H]c1ccc2c(N3C[C@@H]4C[C@H](N5CCN(c6ccncc6)CC5)CCN4[C@H](C)C3)ccc(C#N)c2n1. The quantitative estimate of drug-likeness (QED) is 0.584. The van der Waals surface area contributed by atoms with Crippen LogP contribution >= 0.6 is 0 Å². The number of hydrogen-bond acceptors (Lipinski definition) is 7. The van der Waals surface area contributed by atoms with Gasteiger partial charge in [-0.25, -0.2) is 0 Å². The Hall–Kier alpha value is -3.21. The molecule has 3 aromatic rings. The first kappa shape index (κ1) is 21.1. The van der Waals surface area contributed by atoms with Crippen LogP contribution in [0, 0.1) is 11.3 Å². The molecule has 7 heteroatoms. The van der Waals surface area contributed by atoms with Crippen molar-refractivity contribution in [3.63, 3.8) is 0 Å². The Labute approximate surface area is 209 Å². The van der Waals surface area contributed by atoms with E-state index in [1.807, 2.05) is 24.5 Å². The first-order chi connectivity index (χ1) is 17.6. The minimum Gasteiger partial charge on any atom is -0.369 e. The van der Waals surface area contributed by atoms with Crippen LogP contribution in [0.4, 0.5) is 11.4 Å². The van der Waals surface area contributed by atoms with E-state index in [9.17, 15) is 5.26 Å². The molecule has 3 fully saturated rings. The number of nitrogens with zero attached hydrogens (tertiary/aromatic N) is 7. The number of rotatable bonds is 3. The molecule has 3 saturated heterocycles. The van der Waals surface area contributed by atoms with Crippen molar-refractivity contribution in [2.24, 2.45) is 0 Å². The molecular weight excluding hydrogens is 434 g/mol. The van der Waals surface area contributed by atoms with Gasteiger partial charge in [-0.1, -0.05) is 0 Å². The first-order valence-electron chi connectivity index (χ1n) is 13.3. The lowest BCUT2D eigenvalue weighted by molar-refractivity contribution is 0.0300. The van der Waals surface area contributed by atoms with E-state index in [4.69, 9.17) is 1.37 Å². The number of aromatic nitrogens is 2. The average Bonchev–Trinajstić information content (AvgIpc) is 2.92. The van der Waals surface area contributed by atoms with E-state index < -0.39 is 0 Å². The number of benzene rings is 1. The number of piperidine rings is 1. The van der Waals surface area contributed by atoms with Crippen LogP contribution < -0.4 is 9.80 Å². The van der Waals surface area contributed by atoms with Crippen molar-refractivity contribution in [3.05, 3.63) is 60.5 Å². The Kier molecular flexibility index (Phi) is 5.69. The van der Waals surface area contributed by atoms with Crippen LogP contribution in [-0.4, -0.2) is 83.7 Å². The maximum atomic E-state index is 9.58. The van der Waals surface area contributed by atoms with Gasteiger partial charge in [0.1, 0.15) is 6.07 Å². The second-order valence-corrected chi connectivity index (χ2v) is 10.1. The Morgan fingerprint density at radius 1 is 0.971 bits per heavy atom. The molecule has 5 heterocycles. The van der Waals surface area contributed by atoms with E-state index in [1.54, 1.807) is 6.07 Å². The van der Waals surface area contributed by atoms with Crippen molar-refractivity contribution in [2.45, 2.75) is 37.9 Å². The van der Waals surface area contributed by atoms with Gasteiger partial charge in [0.05, 0.1) is 12.5 Å². The zero-order valence-electron chi connectivity index (χ0n) is 21.3. The van der Waals surface area contributed by atoms with E-state index in [1.165, 1.54) is 18.5 Å². The molecular formula is C28H33N7. The largest absolute Gasteiger partial charge is 0.369 e. The molecule has 0 saturated carbocycles. The molecule has 1 aromatic carbocycles. The molecule has 3 aliphatic heterocycles. The molecule has 2 aromatic heterocycles. The van der Waals surface area contributed by atoms with Crippen molar-refractivity contribution in [2.75, 3.05) is 55.6 Å². The predicted molar refractivity (Wildman–Crippen MR) is 140 cm³/mol. The standard InChI is InChI=1S/C28H33N7/c1-21-19-34(27-5-4-22(18-29)28-26(27)3-2-9-31-28)20-25-17-24(8-12-35(21)25)33-15-13-32(14-16-33)23-6-10-30-11-7-23/h2-7,9-11,21,24-25H,8,12-17,19-20H2,1H3/t21-,24-,25+/m1/s1/i9D. The summed E-state index contributed by atoms with van der Waals surface area (Å²) >= 11 is 0. The molecule has 0 N–H and O–H groups in total. The number of hydrogen-bond donors (Lipinski definition) is 0. The van der Waals surface area contributed by atoms with Crippen LogP contribution in [0.25, 0.3) is 10.9 Å². The average molecular weight is 469 g/mol. The topological polar surface area (TPSA) is 62.5 Å². The third-order valence-electron chi connectivity index (χ3n) is 8.23. The summed E-state index contributed by atoms with van der Waals surface area (Å²) in [6, 6.07) is 15.7. The molecule has 6 rings (SSSR count). The Bertz CT molecular complexity index is 1270. The van der Waals surface area contributed by atoms with Gasteiger partial charge in [-0.3, -0.25) is 19.8 Å². The van der Waals surface area contributed by atoms with Crippen molar-refractivity contribution in [3.8, 4) is 6.07 Å². The maximum absolute atomic E-state index is 9.58. The third-order valence-corrected chi connectivity index (χ3v) is 8.23. The maximum Gasteiger partial charge on any atom is 0.101 e. The summed E-state index contributed by atoms with van der Waals surface area (Å²) in [5.41, 5.74) is 3.60. The lowest BCUT2D eigenvalue weighted by atomic mass is 9.90. The fraction of sp³-hybridized carbons (Fsp3) is 0.464. The van der Waals surface area contributed by atoms with Gasteiger partial charge in [-0.05, 0) is 56.2 Å². The van der Waals surface area contributed by atoms with E-state index in [-0.39, 0.29) is 6.17 Å². The number of piperazine rings is 2. The monoisotopic (exact) mass is 468 g/mol. The molecule has 0 radical (unpaired) electrons. The predicted octanol–water partition coefficient (Wildman–Crippen LogP) is 3.37. The summed E-state index contributed by atoms with van der Waals surface area (Å²) in [5.74, 6) is 0. The highest BCUT2D eigenvalue weighted by atomic mass is 15.3. The molecule has 0 spiro atoms. The van der Waals surface area contributed by atoms with Gasteiger partial charge in [0.2, 0.25) is 0 Å². The molecule has 3 atom stereocenters. The zero-order valence-corrected chi connectivity index (χ0v) is 20.3. The second-order valence-electron chi connectivity index (χ2n) is 10.1. The molecule has 3 aliphatic rings. The van der Waals surface area contributed by atoms with E-state index in [0.29, 0.717) is 29.2 Å². The lowest BCUT2D eigenvalue weighted by Crippen LogP contribution is -2.63. The van der Waals surface area contributed by atoms with Gasteiger partial charge in [0.15, 0.2) is 0 Å². The minimum absolute atomic E-state index is 0.202. The third kappa shape index (κ3) is 4.22. The summed E-state index contributed by atoms with van der Waals surface area (Å²) < 4.78 is 7.95. The number of nitriles is 1. The van der Waals surface area contributed by atoms with Crippen LogP contribution in [0.1, 0.15) is 26.7 Å². The molecule has 0 amide bonds. The highest BCUT2D eigenvalue weighted by Gasteiger charge is 2.39. The fourth-order valence-corrected chi connectivity index (χ4v) is 6.46. The number of pyridine rings is 2. The van der Waals surface area contributed by atoms with Crippen LogP contribution in [0.15, 0.2) is 55.0 Å². The van der Waals surface area contributed by atoms with Crippen LogP contribution in [0.5, 0.6) is 0 Å². The Balaban J connectivity index is 1.17. The van der Waals surface area contributed by atoms with E-state index in [0.717, 1.165) is 56.9 Å². The van der Waals surface area contributed by atoms with Gasteiger partial charge in [0, 0.05) is 99.3 Å². The minimum atomic E-state index is 0.202. The number of fused-ring (bicyclic) bond motifs is 2. The van der Waals surface area contributed by atoms with Gasteiger partial charge in [-0.2, -0.15) is 5.26 Å². The number of anilines is 2. The molecule has 35 heavy (non-hydrogen) atoms. The van der Waals surface area contributed by atoms with Crippen molar-refractivity contribution in [1.82, 2.24) is 19.8 Å². The summed E-state index contributed by atoms with van der Waals surface area (Å²) in [7, 11) is 0. The fourth-order valence-electron chi connectivity index (χ4n) is 6.46. The van der Waals surface area contributed by atoms with Crippen LogP contribution in [0.3, 0.4) is 0 Å². The van der Waals surface area contributed by atoms with Crippen molar-refractivity contribution in [1.29, 1.82) is 5.26 Å². The summed E-state index contributed by atoms with van der Waals surface area (Å²) in [6.07, 6.45) is 6.40. The summed E-state index contributed by atoms with van der Waals surface area (Å²) in [5, 5.41) is 10.6. The normalized spacial score (nSPS) is 26.3. The van der Waals surface area contributed by atoms with Gasteiger partial charge in [-0.15, -0.1) is 0 Å². The summed E-state index contributed by atoms with van der Waals surface area (Å²) in [4.78, 5) is 19.0. The van der Waals surface area contributed by atoms with Crippen molar-refractivity contribution < 1.29 is 1.37 Å². The highest BCUT2D eigenvalue weighted by Crippen LogP contribution is 2.34. The second kappa shape index (κ2) is 9.44. The summed E-state index contributed by atoms with van der Waals surface area (Å²) in [6.45, 7) is 9.82. The molecule has 0 unspecified atom stereocenters. The van der Waals surface area contributed by atoms with Gasteiger partial charge < -0.3 is 9.80 Å². The molecule has 180 valence electrons. The van der Waals surface area contributed by atoms with Gasteiger partial charge in [0.25, 0.3) is 0 Å². The van der Waals surface area contributed by atoms with Crippen LogP contribution in [0.2, 0.25) is 0 Å². The molecule has 0 aliphatic carbocycles. The Morgan fingerprint density at radius 3 is 2.60 bits per heavy atom.